The second-order valence-corrected chi connectivity index (χ2v) is 9.11. The average Bonchev–Trinajstić information content (AvgIpc) is 3.29. The van der Waals surface area contributed by atoms with E-state index >= 15 is 0 Å². The number of halogens is 3. The third-order valence-electron chi connectivity index (χ3n) is 6.46. The predicted molar refractivity (Wildman–Crippen MR) is 129 cm³/mol. The molecule has 1 fully saturated rings. The van der Waals surface area contributed by atoms with Crippen molar-refractivity contribution in [3.8, 4) is 28.3 Å². The number of fused-ring (bicyclic) bond motifs is 1. The van der Waals surface area contributed by atoms with Crippen molar-refractivity contribution < 1.29 is 17.9 Å². The fraction of sp³-hybridized carbons (Fsp3) is 0.360. The summed E-state index contributed by atoms with van der Waals surface area (Å²) in [5, 5.41) is 4.35. The van der Waals surface area contributed by atoms with Gasteiger partial charge in [-0.05, 0) is 44.9 Å². The van der Waals surface area contributed by atoms with Crippen molar-refractivity contribution in [1.82, 2.24) is 29.5 Å². The fourth-order valence-corrected chi connectivity index (χ4v) is 4.45. The van der Waals surface area contributed by atoms with Crippen LogP contribution in [0.4, 0.5) is 19.0 Å². The van der Waals surface area contributed by atoms with Crippen LogP contribution in [0.15, 0.2) is 49.1 Å². The molecule has 4 aromatic rings. The Morgan fingerprint density at radius 2 is 1.75 bits per heavy atom. The number of imidazole rings is 1. The number of nitrogens with zero attached hydrogens (tertiary/aromatic N) is 6. The first-order chi connectivity index (χ1) is 17.2. The smallest absolute Gasteiger partial charge is 0.419 e. The first-order valence-electron chi connectivity index (χ1n) is 11.7. The van der Waals surface area contributed by atoms with Gasteiger partial charge in [0.2, 0.25) is 5.88 Å². The number of anilines is 1. The van der Waals surface area contributed by atoms with E-state index in [1.165, 1.54) is 12.4 Å². The molecule has 1 saturated heterocycles. The molecule has 1 aliphatic rings. The van der Waals surface area contributed by atoms with Crippen LogP contribution in [0.3, 0.4) is 0 Å². The number of hydrogen-bond acceptors (Lipinski definition) is 7. The lowest BCUT2D eigenvalue weighted by atomic mass is 10.1. The number of nitrogens with two attached hydrogens (primary N) is 1. The minimum Gasteiger partial charge on any atom is -0.474 e. The van der Waals surface area contributed by atoms with E-state index in [1.54, 1.807) is 23.0 Å². The van der Waals surface area contributed by atoms with Gasteiger partial charge in [-0.25, -0.2) is 19.5 Å². The standard InChI is InChI=1S/C25H26F3N7O/c1-15(2)34-9-6-18(7-10-34)36-22-4-3-16(12-30-22)21-14-32-24-19(5-8-33-35(21)24)17-11-20(25(26,27)28)23(29)31-13-17/h3-5,8,11-15,18H,6-7,9-10H2,1-2H3,(H2,29,31). The van der Waals surface area contributed by atoms with Gasteiger partial charge in [0, 0.05) is 60.5 Å². The topological polar surface area (TPSA) is 94.5 Å². The minimum absolute atomic E-state index is 0.133. The number of rotatable bonds is 5. The second kappa shape index (κ2) is 9.38. The van der Waals surface area contributed by atoms with Gasteiger partial charge >= 0.3 is 6.18 Å². The summed E-state index contributed by atoms with van der Waals surface area (Å²) in [6.45, 7) is 6.41. The largest absolute Gasteiger partial charge is 0.474 e. The molecule has 4 aromatic heterocycles. The van der Waals surface area contributed by atoms with Crippen LogP contribution >= 0.6 is 0 Å². The molecule has 11 heteroatoms. The van der Waals surface area contributed by atoms with Crippen LogP contribution in [-0.2, 0) is 6.18 Å². The third-order valence-corrected chi connectivity index (χ3v) is 6.46. The number of piperidine rings is 1. The Hall–Kier alpha value is -3.73. The van der Waals surface area contributed by atoms with E-state index < -0.39 is 17.6 Å². The molecule has 0 atom stereocenters. The Labute approximate surface area is 205 Å². The van der Waals surface area contributed by atoms with Gasteiger partial charge in [-0.2, -0.15) is 18.3 Å². The van der Waals surface area contributed by atoms with Crippen LogP contribution in [0.5, 0.6) is 5.88 Å². The summed E-state index contributed by atoms with van der Waals surface area (Å²) in [7, 11) is 0. The zero-order chi connectivity index (χ0) is 25.4. The predicted octanol–water partition coefficient (Wildman–Crippen LogP) is 4.71. The highest BCUT2D eigenvalue weighted by molar-refractivity contribution is 5.79. The number of aromatic nitrogens is 5. The number of pyridine rings is 2. The highest BCUT2D eigenvalue weighted by Crippen LogP contribution is 2.36. The van der Waals surface area contributed by atoms with E-state index in [0.717, 1.165) is 37.6 Å². The van der Waals surface area contributed by atoms with Gasteiger partial charge < -0.3 is 15.4 Å². The summed E-state index contributed by atoms with van der Waals surface area (Å²) < 4.78 is 47.7. The zero-order valence-corrected chi connectivity index (χ0v) is 19.9. The van der Waals surface area contributed by atoms with Crippen molar-refractivity contribution in [3.05, 3.63) is 54.6 Å². The Bertz CT molecular complexity index is 1360. The van der Waals surface area contributed by atoms with Crippen molar-refractivity contribution in [1.29, 1.82) is 0 Å². The fourth-order valence-electron chi connectivity index (χ4n) is 4.45. The Balaban J connectivity index is 1.38. The summed E-state index contributed by atoms with van der Waals surface area (Å²) in [5.41, 5.74) is 6.95. The van der Waals surface area contributed by atoms with Crippen molar-refractivity contribution in [3.63, 3.8) is 0 Å². The SMILES string of the molecule is CC(C)N1CCC(Oc2ccc(-c3cnc4c(-c5cnc(N)c(C(F)(F)F)c5)ccnn34)cn2)CC1. The van der Waals surface area contributed by atoms with Gasteiger partial charge in [0.25, 0.3) is 0 Å². The van der Waals surface area contributed by atoms with E-state index in [-0.39, 0.29) is 11.7 Å². The molecule has 0 radical (unpaired) electrons. The van der Waals surface area contributed by atoms with Crippen LogP contribution in [0, 0.1) is 0 Å². The normalized spacial score (nSPS) is 15.6. The van der Waals surface area contributed by atoms with Crippen molar-refractivity contribution in [2.45, 2.75) is 45.0 Å². The average molecular weight is 498 g/mol. The molecular weight excluding hydrogens is 471 g/mol. The van der Waals surface area contributed by atoms with Gasteiger partial charge in [-0.3, -0.25) is 0 Å². The number of likely N-dealkylation sites (tertiary alicyclic amines) is 1. The monoisotopic (exact) mass is 497 g/mol. The summed E-state index contributed by atoms with van der Waals surface area (Å²) >= 11 is 0. The number of hydrogen-bond donors (Lipinski definition) is 1. The van der Waals surface area contributed by atoms with Crippen LogP contribution in [-0.4, -0.2) is 54.7 Å². The van der Waals surface area contributed by atoms with E-state index in [2.05, 4.69) is 38.8 Å². The van der Waals surface area contributed by atoms with Crippen molar-refractivity contribution in [2.75, 3.05) is 18.8 Å². The number of ether oxygens (including phenoxy) is 1. The molecular formula is C25H26F3N7O. The summed E-state index contributed by atoms with van der Waals surface area (Å²) in [5.74, 6) is -0.0175. The molecule has 0 spiro atoms. The molecule has 1 aliphatic heterocycles. The molecule has 0 saturated carbocycles. The van der Waals surface area contributed by atoms with Crippen LogP contribution in [0.2, 0.25) is 0 Å². The first-order valence-corrected chi connectivity index (χ1v) is 11.7. The Kier molecular flexibility index (Phi) is 6.25. The van der Waals surface area contributed by atoms with Crippen LogP contribution in [0.25, 0.3) is 28.0 Å². The minimum atomic E-state index is -4.61. The zero-order valence-electron chi connectivity index (χ0n) is 19.9. The number of alkyl halides is 3. The maximum absolute atomic E-state index is 13.3. The summed E-state index contributed by atoms with van der Waals surface area (Å²) in [6, 6.07) is 6.79. The Morgan fingerprint density at radius 3 is 2.42 bits per heavy atom. The van der Waals surface area contributed by atoms with Crippen molar-refractivity contribution >= 4 is 11.5 Å². The molecule has 5 heterocycles. The lowest BCUT2D eigenvalue weighted by molar-refractivity contribution is -0.137. The van der Waals surface area contributed by atoms with Gasteiger partial charge in [-0.15, -0.1) is 0 Å². The molecule has 188 valence electrons. The lowest BCUT2D eigenvalue weighted by Crippen LogP contribution is -2.41. The van der Waals surface area contributed by atoms with Crippen LogP contribution in [0.1, 0.15) is 32.3 Å². The lowest BCUT2D eigenvalue weighted by Gasteiger charge is -2.34. The van der Waals surface area contributed by atoms with E-state index in [1.807, 2.05) is 12.1 Å². The van der Waals surface area contributed by atoms with Gasteiger partial charge in [0.05, 0.1) is 17.5 Å². The maximum atomic E-state index is 13.3. The summed E-state index contributed by atoms with van der Waals surface area (Å²) in [4.78, 5) is 15.1. The molecule has 0 bridgehead atoms. The van der Waals surface area contributed by atoms with Crippen LogP contribution < -0.4 is 10.5 Å². The van der Waals surface area contributed by atoms with Gasteiger partial charge in [0.1, 0.15) is 11.9 Å². The van der Waals surface area contributed by atoms with Crippen molar-refractivity contribution in [2.24, 2.45) is 0 Å². The second-order valence-electron chi connectivity index (χ2n) is 9.11. The van der Waals surface area contributed by atoms with E-state index in [4.69, 9.17) is 10.5 Å². The first kappa shape index (κ1) is 24.0. The third kappa shape index (κ3) is 4.70. The van der Waals surface area contributed by atoms with Gasteiger partial charge in [-0.1, -0.05) is 0 Å². The molecule has 5 rings (SSSR count). The molecule has 0 unspecified atom stereocenters. The quantitative estimate of drug-likeness (QED) is 0.427. The molecule has 8 nitrogen and oxygen atoms in total. The van der Waals surface area contributed by atoms with E-state index in [9.17, 15) is 13.2 Å². The highest BCUT2D eigenvalue weighted by atomic mass is 19.4. The summed E-state index contributed by atoms with van der Waals surface area (Å²) in [6.07, 6.45) is 3.53. The Morgan fingerprint density at radius 1 is 1.00 bits per heavy atom. The molecule has 0 aliphatic carbocycles. The van der Waals surface area contributed by atoms with E-state index in [0.29, 0.717) is 28.8 Å². The maximum Gasteiger partial charge on any atom is 0.419 e. The highest BCUT2D eigenvalue weighted by Gasteiger charge is 2.34. The van der Waals surface area contributed by atoms with Gasteiger partial charge in [0.15, 0.2) is 5.65 Å². The molecule has 0 aromatic carbocycles. The molecule has 2 N–H and O–H groups in total. The molecule has 36 heavy (non-hydrogen) atoms. The number of nitrogen functional groups attached to an aromatic ring is 1. The molecule has 0 amide bonds.